The van der Waals surface area contributed by atoms with Crippen LogP contribution in [0.5, 0.6) is 0 Å². The fraction of sp³-hybridized carbons (Fsp3) is 0.143. The molecule has 0 bridgehead atoms. The molecule has 19 heavy (non-hydrogen) atoms. The Bertz CT molecular complexity index is 771. The van der Waals surface area contributed by atoms with Crippen LogP contribution in [0.2, 0.25) is 0 Å². The lowest BCUT2D eigenvalue weighted by Gasteiger charge is -2.02. The van der Waals surface area contributed by atoms with Crippen molar-refractivity contribution in [1.82, 2.24) is 0 Å². The van der Waals surface area contributed by atoms with Gasteiger partial charge in [-0.15, -0.1) is 0 Å². The second-order valence-electron chi connectivity index (χ2n) is 4.41. The molecule has 0 amide bonds. The second kappa shape index (κ2) is 3.98. The van der Waals surface area contributed by atoms with Crippen molar-refractivity contribution in [3.05, 3.63) is 51.6 Å². The van der Waals surface area contributed by atoms with Gasteiger partial charge < -0.3 is 8.83 Å². The van der Waals surface area contributed by atoms with Gasteiger partial charge in [-0.1, -0.05) is 0 Å². The number of aryl methyl sites for hydroxylation is 1. The Hall–Kier alpha value is -2.56. The maximum atomic E-state index is 10.8. The highest BCUT2D eigenvalue weighted by molar-refractivity contribution is 6.05. The largest absolute Gasteiger partial charge is 0.464 e. The number of fused-ring (bicyclic) bond motifs is 2. The van der Waals surface area contributed by atoms with Crippen molar-refractivity contribution in [2.45, 2.75) is 13.8 Å². The van der Waals surface area contributed by atoms with E-state index >= 15 is 0 Å². The Morgan fingerprint density at radius 2 is 1.74 bits per heavy atom. The average Bonchev–Trinajstić information content (AvgIpc) is 3.02. The number of hydrogen-bond acceptors (Lipinski definition) is 4. The molecule has 3 aromatic rings. The van der Waals surface area contributed by atoms with Gasteiger partial charge in [0.2, 0.25) is 5.70 Å². The zero-order chi connectivity index (χ0) is 13.6. The standard InChI is InChI=1S/C14H11NO4/c1-8(15(16)17)7-12-13-10(3-5-18-13)9(2)11-4-6-19-14(11)12/h3-7H,1-2H3/b8-7+. The van der Waals surface area contributed by atoms with E-state index in [1.54, 1.807) is 12.5 Å². The third-order valence-electron chi connectivity index (χ3n) is 3.27. The van der Waals surface area contributed by atoms with Crippen molar-refractivity contribution in [3.8, 4) is 0 Å². The third kappa shape index (κ3) is 1.62. The first-order chi connectivity index (χ1) is 9.09. The highest BCUT2D eigenvalue weighted by Crippen LogP contribution is 2.35. The van der Waals surface area contributed by atoms with Crippen LogP contribution in [-0.2, 0) is 0 Å². The molecule has 0 saturated carbocycles. The van der Waals surface area contributed by atoms with E-state index in [1.807, 2.05) is 19.1 Å². The minimum Gasteiger partial charge on any atom is -0.464 e. The second-order valence-corrected chi connectivity index (χ2v) is 4.41. The number of hydrogen-bond donors (Lipinski definition) is 0. The Labute approximate surface area is 108 Å². The normalized spacial score (nSPS) is 12.4. The van der Waals surface area contributed by atoms with Crippen LogP contribution in [0.3, 0.4) is 0 Å². The number of rotatable bonds is 2. The highest BCUT2D eigenvalue weighted by atomic mass is 16.6. The van der Waals surface area contributed by atoms with Crippen LogP contribution in [0.25, 0.3) is 28.0 Å². The zero-order valence-electron chi connectivity index (χ0n) is 10.5. The van der Waals surface area contributed by atoms with E-state index in [2.05, 4.69) is 0 Å². The minimum absolute atomic E-state index is 0.0410. The van der Waals surface area contributed by atoms with Gasteiger partial charge in [-0.25, -0.2) is 0 Å². The van der Waals surface area contributed by atoms with E-state index < -0.39 is 4.92 Å². The van der Waals surface area contributed by atoms with E-state index in [0.717, 1.165) is 16.3 Å². The monoisotopic (exact) mass is 257 g/mol. The summed E-state index contributed by atoms with van der Waals surface area (Å²) in [5.41, 5.74) is 2.92. The van der Waals surface area contributed by atoms with Gasteiger partial charge in [0.1, 0.15) is 11.2 Å². The summed E-state index contributed by atoms with van der Waals surface area (Å²) >= 11 is 0. The van der Waals surface area contributed by atoms with E-state index in [9.17, 15) is 10.1 Å². The molecule has 0 N–H and O–H groups in total. The zero-order valence-corrected chi connectivity index (χ0v) is 10.5. The first-order valence-electron chi connectivity index (χ1n) is 5.79. The molecule has 96 valence electrons. The molecule has 3 rings (SSSR count). The summed E-state index contributed by atoms with van der Waals surface area (Å²) in [5, 5.41) is 12.7. The fourth-order valence-electron chi connectivity index (χ4n) is 2.27. The quantitative estimate of drug-likeness (QED) is 0.511. The van der Waals surface area contributed by atoms with Crippen molar-refractivity contribution in [3.63, 3.8) is 0 Å². The minimum atomic E-state index is -0.427. The van der Waals surface area contributed by atoms with Crippen molar-refractivity contribution < 1.29 is 13.8 Å². The lowest BCUT2D eigenvalue weighted by molar-refractivity contribution is -0.422. The summed E-state index contributed by atoms with van der Waals surface area (Å²) in [6.45, 7) is 3.42. The molecular weight excluding hydrogens is 246 g/mol. The maximum absolute atomic E-state index is 10.8. The van der Waals surface area contributed by atoms with E-state index in [0.29, 0.717) is 16.7 Å². The molecule has 0 aliphatic rings. The molecule has 0 unspecified atom stereocenters. The molecule has 2 heterocycles. The maximum Gasteiger partial charge on any atom is 0.244 e. The number of nitro groups is 1. The van der Waals surface area contributed by atoms with Crippen molar-refractivity contribution in [1.29, 1.82) is 0 Å². The van der Waals surface area contributed by atoms with Crippen LogP contribution in [0, 0.1) is 17.0 Å². The molecule has 1 aromatic carbocycles. The van der Waals surface area contributed by atoms with Crippen molar-refractivity contribution in [2.24, 2.45) is 0 Å². The van der Waals surface area contributed by atoms with Crippen LogP contribution in [0.1, 0.15) is 18.1 Å². The Kier molecular flexibility index (Phi) is 2.41. The Balaban J connectivity index is 2.46. The SMILES string of the molecule is C/C(=C\c1c2occc2c(C)c2ccoc12)[N+](=O)[O-]. The van der Waals surface area contributed by atoms with Gasteiger partial charge in [0, 0.05) is 23.8 Å². The summed E-state index contributed by atoms with van der Waals surface area (Å²) in [6.07, 6.45) is 4.64. The summed E-state index contributed by atoms with van der Waals surface area (Å²) in [4.78, 5) is 10.4. The first kappa shape index (κ1) is 11.5. The van der Waals surface area contributed by atoms with E-state index in [-0.39, 0.29) is 5.70 Å². The average molecular weight is 257 g/mol. The fourth-order valence-corrected chi connectivity index (χ4v) is 2.27. The number of benzene rings is 1. The molecule has 0 spiro atoms. The van der Waals surface area contributed by atoms with Gasteiger partial charge >= 0.3 is 0 Å². The highest BCUT2D eigenvalue weighted by Gasteiger charge is 2.17. The topological polar surface area (TPSA) is 69.4 Å². The van der Waals surface area contributed by atoms with E-state index in [4.69, 9.17) is 8.83 Å². The molecule has 0 aliphatic carbocycles. The van der Waals surface area contributed by atoms with Crippen LogP contribution < -0.4 is 0 Å². The Morgan fingerprint density at radius 3 is 2.21 bits per heavy atom. The lowest BCUT2D eigenvalue weighted by atomic mass is 10.0. The molecule has 0 radical (unpaired) electrons. The number of furan rings is 2. The van der Waals surface area contributed by atoms with Crippen LogP contribution in [0.4, 0.5) is 0 Å². The van der Waals surface area contributed by atoms with Gasteiger partial charge in [0.15, 0.2) is 0 Å². The summed E-state index contributed by atoms with van der Waals surface area (Å²) in [5.74, 6) is 0. The Morgan fingerprint density at radius 1 is 1.21 bits per heavy atom. The van der Waals surface area contributed by atoms with Crippen LogP contribution >= 0.6 is 0 Å². The van der Waals surface area contributed by atoms with Crippen molar-refractivity contribution >= 4 is 28.0 Å². The van der Waals surface area contributed by atoms with Gasteiger partial charge in [0.25, 0.3) is 0 Å². The molecule has 2 aromatic heterocycles. The van der Waals surface area contributed by atoms with Crippen LogP contribution in [-0.4, -0.2) is 4.92 Å². The molecular formula is C14H11NO4. The molecule has 0 saturated heterocycles. The predicted molar refractivity (Wildman–Crippen MR) is 71.4 cm³/mol. The third-order valence-corrected chi connectivity index (χ3v) is 3.27. The van der Waals surface area contributed by atoms with Crippen LogP contribution in [0.15, 0.2) is 39.2 Å². The predicted octanol–water partition coefficient (Wildman–Crippen LogP) is 4.12. The lowest BCUT2D eigenvalue weighted by Crippen LogP contribution is -1.93. The molecule has 0 atom stereocenters. The van der Waals surface area contributed by atoms with Gasteiger partial charge in [-0.2, -0.15) is 0 Å². The molecule has 0 fully saturated rings. The van der Waals surface area contributed by atoms with Gasteiger partial charge in [-0.3, -0.25) is 10.1 Å². The van der Waals surface area contributed by atoms with Gasteiger partial charge in [0.05, 0.1) is 23.0 Å². The summed E-state index contributed by atoms with van der Waals surface area (Å²) in [6, 6.07) is 3.71. The summed E-state index contributed by atoms with van der Waals surface area (Å²) in [7, 11) is 0. The van der Waals surface area contributed by atoms with Gasteiger partial charge in [-0.05, 0) is 24.6 Å². The molecule has 0 aliphatic heterocycles. The smallest absolute Gasteiger partial charge is 0.244 e. The molecule has 5 nitrogen and oxygen atoms in total. The van der Waals surface area contributed by atoms with Crippen molar-refractivity contribution in [2.75, 3.05) is 0 Å². The first-order valence-corrected chi connectivity index (χ1v) is 5.79. The number of allylic oxidation sites excluding steroid dienone is 1. The van der Waals surface area contributed by atoms with E-state index in [1.165, 1.54) is 13.0 Å². The molecule has 5 heteroatoms. The number of nitrogens with zero attached hydrogens (tertiary/aromatic N) is 1. The summed E-state index contributed by atoms with van der Waals surface area (Å²) < 4.78 is 10.9.